The van der Waals surface area contributed by atoms with Crippen molar-refractivity contribution in [1.82, 2.24) is 10.1 Å². The van der Waals surface area contributed by atoms with Gasteiger partial charge in [-0.3, -0.25) is 0 Å². The van der Waals surface area contributed by atoms with Gasteiger partial charge in [-0.05, 0) is 11.4 Å². The summed E-state index contributed by atoms with van der Waals surface area (Å²) in [4.78, 5) is 15.3. The highest BCUT2D eigenvalue weighted by molar-refractivity contribution is 7.12. The molecule has 0 atom stereocenters. The van der Waals surface area contributed by atoms with Crippen molar-refractivity contribution in [1.29, 1.82) is 0 Å². The van der Waals surface area contributed by atoms with Crippen LogP contribution in [-0.2, 0) is 12.0 Å². The largest absolute Gasteiger partial charge is 0.484 e. The maximum Gasteiger partial charge on any atom is 0.349 e. The third-order valence-electron chi connectivity index (χ3n) is 2.29. The van der Waals surface area contributed by atoms with Gasteiger partial charge >= 0.3 is 5.97 Å². The van der Waals surface area contributed by atoms with Gasteiger partial charge in [-0.2, -0.15) is 4.98 Å². The molecule has 2 aromatic heterocycles. The number of carboxylic acid groups (broad SMARTS) is 1. The van der Waals surface area contributed by atoms with Gasteiger partial charge in [-0.15, -0.1) is 11.3 Å². The molecule has 0 aliphatic carbocycles. The van der Waals surface area contributed by atoms with Gasteiger partial charge in [0.15, 0.2) is 11.5 Å². The molecule has 0 aliphatic rings. The van der Waals surface area contributed by atoms with Crippen LogP contribution >= 0.6 is 11.3 Å². The zero-order chi connectivity index (χ0) is 14.0. The Kier molecular flexibility index (Phi) is 3.57. The topological polar surface area (TPSA) is 85.5 Å². The van der Waals surface area contributed by atoms with E-state index in [1.165, 1.54) is 0 Å². The monoisotopic (exact) mass is 282 g/mol. The van der Waals surface area contributed by atoms with Crippen LogP contribution < -0.4 is 4.74 Å². The number of carboxylic acids is 1. The van der Waals surface area contributed by atoms with E-state index >= 15 is 0 Å². The number of ether oxygens (including phenoxy) is 1. The molecule has 0 amide bonds. The molecule has 0 bridgehead atoms. The zero-order valence-electron chi connectivity index (χ0n) is 10.8. The third-order valence-corrected chi connectivity index (χ3v) is 3.17. The summed E-state index contributed by atoms with van der Waals surface area (Å²) in [5, 5.41) is 14.4. The fraction of sp³-hybridized carbons (Fsp3) is 0.417. The first-order valence-corrected chi connectivity index (χ1v) is 6.52. The average molecular weight is 282 g/mol. The van der Waals surface area contributed by atoms with Gasteiger partial charge in [0.25, 0.3) is 0 Å². The highest BCUT2D eigenvalue weighted by Crippen LogP contribution is 2.25. The molecule has 0 spiro atoms. The number of thiophene rings is 1. The van der Waals surface area contributed by atoms with Gasteiger partial charge in [0, 0.05) is 5.41 Å². The molecule has 0 aliphatic heterocycles. The van der Waals surface area contributed by atoms with E-state index in [0.29, 0.717) is 17.5 Å². The smallest absolute Gasteiger partial charge is 0.349 e. The third kappa shape index (κ3) is 3.11. The maximum absolute atomic E-state index is 10.9. The van der Waals surface area contributed by atoms with Crippen LogP contribution in [0.4, 0.5) is 0 Å². The lowest BCUT2D eigenvalue weighted by atomic mass is 9.97. The number of hydrogen-bond donors (Lipinski definition) is 1. The molecule has 0 fully saturated rings. The fourth-order valence-electron chi connectivity index (χ4n) is 1.33. The highest BCUT2D eigenvalue weighted by atomic mass is 32.1. The Balaban J connectivity index is 2.05. The van der Waals surface area contributed by atoms with Crippen molar-refractivity contribution in [3.8, 4) is 5.75 Å². The normalized spacial score (nSPS) is 11.5. The lowest BCUT2D eigenvalue weighted by Crippen LogP contribution is -2.11. The van der Waals surface area contributed by atoms with E-state index < -0.39 is 5.97 Å². The first kappa shape index (κ1) is 13.5. The minimum absolute atomic E-state index is 0.0800. The number of hydrogen-bond acceptors (Lipinski definition) is 6. The predicted octanol–water partition coefficient (Wildman–Crippen LogP) is 2.71. The summed E-state index contributed by atoms with van der Waals surface area (Å²) >= 11 is 1.11. The van der Waals surface area contributed by atoms with Gasteiger partial charge in [-0.1, -0.05) is 25.9 Å². The SMILES string of the molecule is CC(C)(C)c1nc(COc2ccsc2C(=O)O)no1. The van der Waals surface area contributed by atoms with Crippen LogP contribution in [-0.4, -0.2) is 21.2 Å². The minimum atomic E-state index is -1.01. The summed E-state index contributed by atoms with van der Waals surface area (Å²) in [6.07, 6.45) is 0. The van der Waals surface area contributed by atoms with Crippen LogP contribution in [0.15, 0.2) is 16.0 Å². The van der Waals surface area contributed by atoms with Gasteiger partial charge in [-0.25, -0.2) is 4.79 Å². The molecule has 2 rings (SSSR count). The summed E-state index contributed by atoms with van der Waals surface area (Å²) in [6, 6.07) is 1.61. The molecule has 6 nitrogen and oxygen atoms in total. The first-order chi connectivity index (χ1) is 8.88. The number of aromatic nitrogens is 2. The molecule has 0 aromatic carbocycles. The molecule has 0 saturated heterocycles. The van der Waals surface area contributed by atoms with E-state index in [4.69, 9.17) is 14.4 Å². The summed E-state index contributed by atoms with van der Waals surface area (Å²) < 4.78 is 10.5. The second-order valence-electron chi connectivity index (χ2n) is 4.97. The Hall–Kier alpha value is -1.89. The van der Waals surface area contributed by atoms with E-state index in [-0.39, 0.29) is 16.9 Å². The number of aromatic carboxylic acids is 1. The molecule has 0 unspecified atom stereocenters. The molecule has 2 aromatic rings. The lowest BCUT2D eigenvalue weighted by Gasteiger charge is -2.10. The van der Waals surface area contributed by atoms with E-state index in [9.17, 15) is 4.79 Å². The summed E-state index contributed by atoms with van der Waals surface area (Å²) in [5.41, 5.74) is -0.222. The van der Waals surface area contributed by atoms with E-state index in [0.717, 1.165) is 11.3 Å². The second kappa shape index (κ2) is 5.00. The Morgan fingerprint density at radius 2 is 2.26 bits per heavy atom. The van der Waals surface area contributed by atoms with Crippen molar-refractivity contribution < 1.29 is 19.2 Å². The summed E-state index contributed by atoms with van der Waals surface area (Å²) in [5.74, 6) is 0.232. The van der Waals surface area contributed by atoms with Crippen molar-refractivity contribution in [2.24, 2.45) is 0 Å². The first-order valence-electron chi connectivity index (χ1n) is 5.64. The van der Waals surface area contributed by atoms with Crippen molar-refractivity contribution >= 4 is 17.3 Å². The average Bonchev–Trinajstić information content (AvgIpc) is 2.94. The molecule has 102 valence electrons. The molecular formula is C12H14N2O4S. The Morgan fingerprint density at radius 1 is 1.53 bits per heavy atom. The quantitative estimate of drug-likeness (QED) is 0.928. The summed E-state index contributed by atoms with van der Waals surface area (Å²) in [6.45, 7) is 5.97. The van der Waals surface area contributed by atoms with Crippen molar-refractivity contribution in [3.63, 3.8) is 0 Å². The van der Waals surface area contributed by atoms with Crippen molar-refractivity contribution in [2.75, 3.05) is 0 Å². The molecule has 0 saturated carbocycles. The van der Waals surface area contributed by atoms with E-state index in [1.54, 1.807) is 11.4 Å². The van der Waals surface area contributed by atoms with Crippen LogP contribution in [0.3, 0.4) is 0 Å². The van der Waals surface area contributed by atoms with Crippen molar-refractivity contribution in [2.45, 2.75) is 32.8 Å². The fourth-order valence-corrected chi connectivity index (χ4v) is 2.00. The predicted molar refractivity (Wildman–Crippen MR) is 68.6 cm³/mol. The standard InChI is InChI=1S/C12H14N2O4S/c1-12(2,3)11-13-8(14-18-11)6-17-7-4-5-19-9(7)10(15)16/h4-5H,6H2,1-3H3,(H,15,16). The number of rotatable bonds is 4. The molecule has 7 heteroatoms. The van der Waals surface area contributed by atoms with Crippen LogP contribution in [0, 0.1) is 0 Å². The van der Waals surface area contributed by atoms with Gasteiger partial charge in [0.1, 0.15) is 5.75 Å². The molecule has 2 heterocycles. The maximum atomic E-state index is 10.9. The van der Waals surface area contributed by atoms with Crippen LogP contribution in [0.25, 0.3) is 0 Å². The van der Waals surface area contributed by atoms with Gasteiger partial charge in [0.2, 0.25) is 11.7 Å². The molecule has 1 N–H and O–H groups in total. The summed E-state index contributed by atoms with van der Waals surface area (Å²) in [7, 11) is 0. The minimum Gasteiger partial charge on any atom is -0.484 e. The number of carbonyl (C=O) groups is 1. The number of nitrogens with zero attached hydrogens (tertiary/aromatic N) is 2. The van der Waals surface area contributed by atoms with Crippen LogP contribution in [0.2, 0.25) is 0 Å². The Labute approximate surface area is 114 Å². The van der Waals surface area contributed by atoms with E-state index in [2.05, 4.69) is 10.1 Å². The molecular weight excluding hydrogens is 268 g/mol. The van der Waals surface area contributed by atoms with Gasteiger partial charge < -0.3 is 14.4 Å². The van der Waals surface area contributed by atoms with Gasteiger partial charge in [0.05, 0.1) is 0 Å². The van der Waals surface area contributed by atoms with Crippen LogP contribution in [0.5, 0.6) is 5.75 Å². The van der Waals surface area contributed by atoms with Crippen molar-refractivity contribution in [3.05, 3.63) is 28.0 Å². The zero-order valence-corrected chi connectivity index (χ0v) is 11.7. The Bertz CT molecular complexity index is 583. The highest BCUT2D eigenvalue weighted by Gasteiger charge is 2.22. The lowest BCUT2D eigenvalue weighted by molar-refractivity contribution is 0.0697. The van der Waals surface area contributed by atoms with E-state index in [1.807, 2.05) is 20.8 Å². The second-order valence-corrected chi connectivity index (χ2v) is 5.89. The van der Waals surface area contributed by atoms with Crippen LogP contribution in [0.1, 0.15) is 42.2 Å². The Morgan fingerprint density at radius 3 is 2.84 bits per heavy atom. The molecule has 0 radical (unpaired) electrons. The molecule has 19 heavy (non-hydrogen) atoms.